The zero-order valence-electron chi connectivity index (χ0n) is 11.2. The lowest BCUT2D eigenvalue weighted by Gasteiger charge is -2.07. The molecule has 2 rings (SSSR count). The lowest BCUT2D eigenvalue weighted by atomic mass is 10.2. The van der Waals surface area contributed by atoms with Gasteiger partial charge in [0.15, 0.2) is 0 Å². The van der Waals surface area contributed by atoms with E-state index in [0.29, 0.717) is 15.6 Å². The van der Waals surface area contributed by atoms with Crippen LogP contribution in [-0.2, 0) is 16.6 Å². The molecule has 0 radical (unpaired) electrons. The zero-order chi connectivity index (χ0) is 16.3. The molecule has 0 saturated carbocycles. The van der Waals surface area contributed by atoms with Gasteiger partial charge in [0.25, 0.3) is 5.91 Å². The van der Waals surface area contributed by atoms with Crippen molar-refractivity contribution in [3.8, 4) is 0 Å². The van der Waals surface area contributed by atoms with E-state index in [4.69, 9.17) is 28.3 Å². The van der Waals surface area contributed by atoms with E-state index in [1.807, 2.05) is 0 Å². The number of carbonyl (C=O) groups excluding carboxylic acids is 1. The van der Waals surface area contributed by atoms with Crippen LogP contribution in [0.3, 0.4) is 0 Å². The molecule has 0 heterocycles. The monoisotopic (exact) mass is 358 g/mol. The lowest BCUT2D eigenvalue weighted by molar-refractivity contribution is 0.0951. The number of hydrogen-bond acceptors (Lipinski definition) is 3. The number of amides is 1. The number of rotatable bonds is 4. The predicted molar refractivity (Wildman–Crippen MR) is 85.4 cm³/mol. The fourth-order valence-electron chi connectivity index (χ4n) is 1.77. The summed E-state index contributed by atoms with van der Waals surface area (Å²) >= 11 is 11.7. The Labute approximate surface area is 138 Å². The van der Waals surface area contributed by atoms with Crippen LogP contribution in [0, 0.1) is 0 Å². The average Bonchev–Trinajstić information content (AvgIpc) is 2.43. The van der Waals surface area contributed by atoms with E-state index in [1.165, 1.54) is 30.3 Å². The van der Waals surface area contributed by atoms with E-state index in [-0.39, 0.29) is 17.3 Å². The summed E-state index contributed by atoms with van der Waals surface area (Å²) in [5.41, 5.74) is 1.08. The number of hydrogen-bond donors (Lipinski definition) is 2. The molecule has 0 aromatic heterocycles. The first-order valence-electron chi connectivity index (χ1n) is 6.12. The highest BCUT2D eigenvalue weighted by molar-refractivity contribution is 7.89. The summed E-state index contributed by atoms with van der Waals surface area (Å²) in [6.07, 6.45) is 0. The van der Waals surface area contributed by atoms with Crippen LogP contribution < -0.4 is 10.5 Å². The molecule has 0 bridgehead atoms. The molecule has 0 spiro atoms. The number of halogens is 2. The maximum atomic E-state index is 12.0. The Morgan fingerprint density at radius 3 is 2.09 bits per heavy atom. The van der Waals surface area contributed by atoms with Gasteiger partial charge in [0.05, 0.1) is 4.90 Å². The maximum Gasteiger partial charge on any atom is 0.251 e. The molecule has 3 N–H and O–H groups in total. The second kappa shape index (κ2) is 6.66. The first kappa shape index (κ1) is 16.8. The standard InChI is InChI=1S/C14H12Cl2N2O3S/c15-11-5-10(6-12(16)7-11)14(19)18-8-9-1-3-13(4-2-9)22(17,20)21/h1-7H,8H2,(H,18,19)(H2,17,20,21). The first-order chi connectivity index (χ1) is 10.3. The Bertz CT molecular complexity index is 785. The van der Waals surface area contributed by atoms with Crippen LogP contribution >= 0.6 is 23.2 Å². The van der Waals surface area contributed by atoms with Crippen LogP contribution in [0.25, 0.3) is 0 Å². The van der Waals surface area contributed by atoms with Gasteiger partial charge >= 0.3 is 0 Å². The number of primary sulfonamides is 1. The summed E-state index contributed by atoms with van der Waals surface area (Å²) in [5.74, 6) is -0.333. The van der Waals surface area contributed by atoms with Crippen LogP contribution in [0.2, 0.25) is 10.0 Å². The highest BCUT2D eigenvalue weighted by Crippen LogP contribution is 2.19. The minimum absolute atomic E-state index is 0.0178. The third-order valence-corrected chi connectivity index (χ3v) is 4.20. The molecule has 1 amide bonds. The average molecular weight is 359 g/mol. The second-order valence-corrected chi connectivity index (χ2v) is 6.96. The quantitative estimate of drug-likeness (QED) is 0.879. The molecule has 0 aliphatic rings. The fourth-order valence-corrected chi connectivity index (χ4v) is 2.81. The van der Waals surface area contributed by atoms with Crippen molar-refractivity contribution in [3.05, 3.63) is 63.6 Å². The van der Waals surface area contributed by atoms with Crippen molar-refractivity contribution in [2.24, 2.45) is 5.14 Å². The second-order valence-electron chi connectivity index (χ2n) is 4.53. The van der Waals surface area contributed by atoms with Gasteiger partial charge in [0, 0.05) is 22.2 Å². The van der Waals surface area contributed by atoms with Gasteiger partial charge in [-0.1, -0.05) is 35.3 Å². The number of carbonyl (C=O) groups is 1. The molecule has 116 valence electrons. The van der Waals surface area contributed by atoms with Crippen molar-refractivity contribution < 1.29 is 13.2 Å². The molecule has 2 aromatic carbocycles. The van der Waals surface area contributed by atoms with Crippen molar-refractivity contribution >= 4 is 39.1 Å². The van der Waals surface area contributed by atoms with Gasteiger partial charge in [0.1, 0.15) is 0 Å². The summed E-state index contributed by atoms with van der Waals surface area (Å²) in [6, 6.07) is 10.5. The topological polar surface area (TPSA) is 89.3 Å². The van der Waals surface area contributed by atoms with Gasteiger partial charge in [-0.05, 0) is 35.9 Å². The Balaban J connectivity index is 2.05. The van der Waals surface area contributed by atoms with Gasteiger partial charge in [-0.25, -0.2) is 13.6 Å². The predicted octanol–water partition coefficient (Wildman–Crippen LogP) is 2.57. The smallest absolute Gasteiger partial charge is 0.251 e. The number of nitrogens with two attached hydrogens (primary N) is 1. The Morgan fingerprint density at radius 2 is 1.59 bits per heavy atom. The summed E-state index contributed by atoms with van der Waals surface area (Å²) < 4.78 is 22.3. The van der Waals surface area contributed by atoms with Gasteiger partial charge in [-0.2, -0.15) is 0 Å². The zero-order valence-corrected chi connectivity index (χ0v) is 13.5. The van der Waals surface area contributed by atoms with E-state index in [0.717, 1.165) is 5.56 Å². The lowest BCUT2D eigenvalue weighted by Crippen LogP contribution is -2.22. The van der Waals surface area contributed by atoms with Crippen LogP contribution in [0.4, 0.5) is 0 Å². The van der Waals surface area contributed by atoms with Crippen molar-refractivity contribution in [2.75, 3.05) is 0 Å². The Morgan fingerprint density at radius 1 is 1.05 bits per heavy atom. The Kier molecular flexibility index (Phi) is 5.08. The normalized spacial score (nSPS) is 11.2. The van der Waals surface area contributed by atoms with Crippen molar-refractivity contribution in [1.82, 2.24) is 5.32 Å². The Hall–Kier alpha value is -1.60. The molecule has 2 aromatic rings. The minimum Gasteiger partial charge on any atom is -0.348 e. The maximum absolute atomic E-state index is 12.0. The molecule has 0 aliphatic carbocycles. The molecule has 0 aliphatic heterocycles. The van der Waals surface area contributed by atoms with Crippen LogP contribution in [0.15, 0.2) is 47.4 Å². The van der Waals surface area contributed by atoms with E-state index in [2.05, 4.69) is 5.32 Å². The van der Waals surface area contributed by atoms with Crippen molar-refractivity contribution in [3.63, 3.8) is 0 Å². The molecule has 0 unspecified atom stereocenters. The van der Waals surface area contributed by atoms with Crippen LogP contribution in [0.5, 0.6) is 0 Å². The van der Waals surface area contributed by atoms with Crippen LogP contribution in [-0.4, -0.2) is 14.3 Å². The first-order valence-corrected chi connectivity index (χ1v) is 8.42. The van der Waals surface area contributed by atoms with Gasteiger partial charge in [-0.3, -0.25) is 4.79 Å². The molecule has 8 heteroatoms. The third kappa shape index (κ3) is 4.45. The molecule has 0 fully saturated rings. The summed E-state index contributed by atoms with van der Waals surface area (Å²) in [4.78, 5) is 12.0. The molecular weight excluding hydrogens is 347 g/mol. The van der Waals surface area contributed by atoms with Gasteiger partial charge in [-0.15, -0.1) is 0 Å². The van der Waals surface area contributed by atoms with E-state index in [9.17, 15) is 13.2 Å². The largest absolute Gasteiger partial charge is 0.348 e. The van der Waals surface area contributed by atoms with Gasteiger partial charge < -0.3 is 5.32 Å². The summed E-state index contributed by atoms with van der Waals surface area (Å²) in [7, 11) is -3.72. The van der Waals surface area contributed by atoms with Crippen LogP contribution in [0.1, 0.15) is 15.9 Å². The van der Waals surface area contributed by atoms with Crippen molar-refractivity contribution in [1.29, 1.82) is 0 Å². The van der Waals surface area contributed by atoms with E-state index < -0.39 is 10.0 Å². The van der Waals surface area contributed by atoms with Gasteiger partial charge in [0.2, 0.25) is 10.0 Å². The molecular formula is C14H12Cl2N2O3S. The highest BCUT2D eigenvalue weighted by Gasteiger charge is 2.09. The summed E-state index contributed by atoms with van der Waals surface area (Å²) in [5, 5.41) is 8.44. The fraction of sp³-hybridized carbons (Fsp3) is 0.0714. The SMILES string of the molecule is NS(=O)(=O)c1ccc(CNC(=O)c2cc(Cl)cc(Cl)c2)cc1. The molecule has 22 heavy (non-hydrogen) atoms. The molecule has 0 atom stereocenters. The summed E-state index contributed by atoms with van der Waals surface area (Å²) in [6.45, 7) is 0.230. The number of benzene rings is 2. The van der Waals surface area contributed by atoms with E-state index in [1.54, 1.807) is 12.1 Å². The highest BCUT2D eigenvalue weighted by atomic mass is 35.5. The molecule has 0 saturated heterocycles. The van der Waals surface area contributed by atoms with Crippen molar-refractivity contribution in [2.45, 2.75) is 11.4 Å². The minimum atomic E-state index is -3.72. The third-order valence-electron chi connectivity index (χ3n) is 2.83. The number of sulfonamides is 1. The number of nitrogens with one attached hydrogen (secondary N) is 1. The molecule has 5 nitrogen and oxygen atoms in total. The van der Waals surface area contributed by atoms with E-state index >= 15 is 0 Å².